The molecule has 124 valence electrons. The van der Waals surface area contributed by atoms with E-state index >= 15 is 0 Å². The smallest absolute Gasteiger partial charge is 0.254 e. The number of fused-ring (bicyclic) bond motifs is 1. The number of halogens is 1. The molecule has 0 N–H and O–H groups in total. The van der Waals surface area contributed by atoms with Crippen LogP contribution in [0.5, 0.6) is 0 Å². The Hall–Kier alpha value is -2.70. The summed E-state index contributed by atoms with van der Waals surface area (Å²) in [5.74, 6) is 1.46. The zero-order chi connectivity index (χ0) is 16.5. The van der Waals surface area contributed by atoms with Gasteiger partial charge < -0.3 is 9.80 Å². The Labute approximate surface area is 139 Å². The van der Waals surface area contributed by atoms with Crippen LogP contribution >= 0.6 is 0 Å². The number of aryl methyl sites for hydroxylation is 1. The van der Waals surface area contributed by atoms with Gasteiger partial charge in [0.1, 0.15) is 18.0 Å². The van der Waals surface area contributed by atoms with Gasteiger partial charge in [0.15, 0.2) is 0 Å². The van der Waals surface area contributed by atoms with E-state index in [1.165, 1.54) is 18.5 Å². The van der Waals surface area contributed by atoms with E-state index in [1.54, 1.807) is 4.52 Å². The predicted molar refractivity (Wildman–Crippen MR) is 91.0 cm³/mol. The van der Waals surface area contributed by atoms with Crippen LogP contribution in [0.3, 0.4) is 0 Å². The van der Waals surface area contributed by atoms with Crippen LogP contribution in [0.15, 0.2) is 36.7 Å². The summed E-state index contributed by atoms with van der Waals surface area (Å²) in [4.78, 5) is 13.2. The third kappa shape index (κ3) is 2.77. The van der Waals surface area contributed by atoms with Gasteiger partial charge in [-0.3, -0.25) is 0 Å². The van der Waals surface area contributed by atoms with Crippen molar-refractivity contribution < 1.29 is 4.39 Å². The maximum absolute atomic E-state index is 13.1. The highest BCUT2D eigenvalue weighted by molar-refractivity contribution is 5.50. The van der Waals surface area contributed by atoms with E-state index < -0.39 is 0 Å². The predicted octanol–water partition coefficient (Wildman–Crippen LogP) is 2.29. The van der Waals surface area contributed by atoms with Crippen molar-refractivity contribution in [2.45, 2.75) is 13.3 Å². The third-order valence-electron chi connectivity index (χ3n) is 4.37. The van der Waals surface area contributed by atoms with Crippen LogP contribution in [0.4, 0.5) is 15.9 Å². The second-order valence-corrected chi connectivity index (χ2v) is 6.03. The number of benzene rings is 1. The average Bonchev–Trinajstić information content (AvgIpc) is 2.90. The minimum Gasteiger partial charge on any atom is -0.370 e. The molecule has 1 saturated heterocycles. The van der Waals surface area contributed by atoms with Crippen molar-refractivity contribution in [2.24, 2.45) is 0 Å². The number of hydrogen-bond donors (Lipinski definition) is 0. The molecule has 0 unspecified atom stereocenters. The second-order valence-electron chi connectivity index (χ2n) is 6.03. The quantitative estimate of drug-likeness (QED) is 0.723. The van der Waals surface area contributed by atoms with Gasteiger partial charge in [-0.15, -0.1) is 0 Å². The van der Waals surface area contributed by atoms with Gasteiger partial charge in [0.25, 0.3) is 5.78 Å². The normalized spacial score (nSPS) is 15.8. The number of nitrogens with zero attached hydrogens (tertiary/aromatic N) is 6. The molecule has 1 aliphatic rings. The van der Waals surface area contributed by atoms with Crippen molar-refractivity contribution >= 4 is 17.3 Å². The van der Waals surface area contributed by atoms with Crippen molar-refractivity contribution in [3.8, 4) is 0 Å². The molecule has 0 amide bonds. The maximum atomic E-state index is 13.1. The Bertz CT molecular complexity index is 844. The summed E-state index contributed by atoms with van der Waals surface area (Å²) in [5.41, 5.74) is 2.00. The van der Waals surface area contributed by atoms with E-state index in [9.17, 15) is 4.39 Å². The molecule has 3 heterocycles. The van der Waals surface area contributed by atoms with E-state index in [0.29, 0.717) is 5.78 Å². The molecule has 7 heteroatoms. The van der Waals surface area contributed by atoms with Crippen LogP contribution in [0, 0.1) is 12.7 Å². The number of hydrogen-bond acceptors (Lipinski definition) is 5. The molecule has 0 radical (unpaired) electrons. The van der Waals surface area contributed by atoms with E-state index in [1.807, 2.05) is 19.1 Å². The Morgan fingerprint density at radius 3 is 2.58 bits per heavy atom. The fraction of sp³-hybridized carbons (Fsp3) is 0.353. The molecular weight excluding hydrogens is 307 g/mol. The zero-order valence-electron chi connectivity index (χ0n) is 13.6. The first-order valence-corrected chi connectivity index (χ1v) is 8.13. The lowest BCUT2D eigenvalue weighted by Crippen LogP contribution is -2.32. The van der Waals surface area contributed by atoms with Gasteiger partial charge >= 0.3 is 0 Å². The van der Waals surface area contributed by atoms with Gasteiger partial charge in [0.05, 0.1) is 0 Å². The molecule has 6 nitrogen and oxygen atoms in total. The lowest BCUT2D eigenvalue weighted by atomic mass is 10.2. The largest absolute Gasteiger partial charge is 0.370 e. The van der Waals surface area contributed by atoms with Crippen LogP contribution < -0.4 is 9.80 Å². The van der Waals surface area contributed by atoms with Crippen LogP contribution in [-0.4, -0.2) is 45.8 Å². The number of aromatic nitrogens is 4. The summed E-state index contributed by atoms with van der Waals surface area (Å²) >= 11 is 0. The van der Waals surface area contributed by atoms with Gasteiger partial charge in [-0.25, -0.2) is 9.37 Å². The summed E-state index contributed by atoms with van der Waals surface area (Å²) in [7, 11) is 0. The minimum atomic E-state index is -0.198. The highest BCUT2D eigenvalue weighted by Gasteiger charge is 2.18. The summed E-state index contributed by atoms with van der Waals surface area (Å²) in [6.45, 7) is 5.61. The first-order chi connectivity index (χ1) is 11.7. The van der Waals surface area contributed by atoms with Crippen LogP contribution in [0.1, 0.15) is 12.1 Å². The lowest BCUT2D eigenvalue weighted by molar-refractivity contribution is 0.627. The molecule has 0 saturated carbocycles. The van der Waals surface area contributed by atoms with Crippen molar-refractivity contribution in [2.75, 3.05) is 36.0 Å². The molecule has 1 aromatic carbocycles. The monoisotopic (exact) mass is 326 g/mol. The summed E-state index contributed by atoms with van der Waals surface area (Å²) in [6.07, 6.45) is 2.56. The topological polar surface area (TPSA) is 49.6 Å². The zero-order valence-corrected chi connectivity index (χ0v) is 13.6. The van der Waals surface area contributed by atoms with E-state index in [4.69, 9.17) is 0 Å². The summed E-state index contributed by atoms with van der Waals surface area (Å²) < 4.78 is 14.9. The maximum Gasteiger partial charge on any atom is 0.254 e. The molecule has 3 aromatic rings. The van der Waals surface area contributed by atoms with Gasteiger partial charge in [0, 0.05) is 43.6 Å². The van der Waals surface area contributed by atoms with Crippen LogP contribution in [-0.2, 0) is 0 Å². The Balaban J connectivity index is 1.58. The number of anilines is 2. The molecule has 0 bridgehead atoms. The van der Waals surface area contributed by atoms with Crippen LogP contribution in [0.2, 0.25) is 0 Å². The van der Waals surface area contributed by atoms with E-state index in [0.717, 1.165) is 49.8 Å². The Morgan fingerprint density at radius 2 is 1.75 bits per heavy atom. The fourth-order valence-electron chi connectivity index (χ4n) is 3.19. The van der Waals surface area contributed by atoms with Crippen molar-refractivity contribution in [1.82, 2.24) is 19.6 Å². The van der Waals surface area contributed by atoms with E-state index in [-0.39, 0.29) is 5.82 Å². The van der Waals surface area contributed by atoms with E-state index in [2.05, 4.69) is 30.9 Å². The summed E-state index contributed by atoms with van der Waals surface area (Å²) in [6, 6.07) is 8.77. The summed E-state index contributed by atoms with van der Waals surface area (Å²) in [5, 5.41) is 4.30. The average molecular weight is 326 g/mol. The molecular formula is C17H19FN6. The van der Waals surface area contributed by atoms with Gasteiger partial charge in [0.2, 0.25) is 0 Å². The standard InChI is InChI=1S/C17H19FN6/c1-13-11-16(24-17(21-13)19-12-20-24)23-8-2-7-22(9-10-23)15-5-3-14(18)4-6-15/h3-6,11-12H,2,7-10H2,1H3. The molecule has 0 atom stereocenters. The first kappa shape index (κ1) is 14.9. The molecule has 0 aliphatic carbocycles. The molecule has 2 aromatic heterocycles. The Kier molecular flexibility index (Phi) is 3.76. The highest BCUT2D eigenvalue weighted by Crippen LogP contribution is 2.21. The first-order valence-electron chi connectivity index (χ1n) is 8.13. The number of rotatable bonds is 2. The SMILES string of the molecule is Cc1cc(N2CCCN(c3ccc(F)cc3)CC2)n2ncnc2n1. The molecule has 1 fully saturated rings. The second kappa shape index (κ2) is 6.07. The van der Waals surface area contributed by atoms with Gasteiger partial charge in [-0.05, 0) is 37.6 Å². The van der Waals surface area contributed by atoms with Crippen LogP contribution in [0.25, 0.3) is 5.78 Å². The molecule has 4 rings (SSSR count). The van der Waals surface area contributed by atoms with Gasteiger partial charge in [-0.2, -0.15) is 14.6 Å². The van der Waals surface area contributed by atoms with Gasteiger partial charge in [-0.1, -0.05) is 0 Å². The molecule has 0 spiro atoms. The highest BCUT2D eigenvalue weighted by atomic mass is 19.1. The van der Waals surface area contributed by atoms with Crippen molar-refractivity contribution in [1.29, 1.82) is 0 Å². The Morgan fingerprint density at radius 1 is 1.00 bits per heavy atom. The fourth-order valence-corrected chi connectivity index (χ4v) is 3.19. The van der Waals surface area contributed by atoms with Crippen molar-refractivity contribution in [3.05, 3.63) is 48.2 Å². The molecule has 24 heavy (non-hydrogen) atoms. The molecule has 1 aliphatic heterocycles. The minimum absolute atomic E-state index is 0.198. The lowest BCUT2D eigenvalue weighted by Gasteiger charge is -2.25. The van der Waals surface area contributed by atoms with Crippen molar-refractivity contribution in [3.63, 3.8) is 0 Å². The third-order valence-corrected chi connectivity index (χ3v) is 4.37.